The highest BCUT2D eigenvalue weighted by molar-refractivity contribution is 5.69. The molecule has 1 N–H and O–H groups in total. The van der Waals surface area contributed by atoms with Crippen LogP contribution in [0.4, 0.5) is 4.79 Å². The van der Waals surface area contributed by atoms with Gasteiger partial charge in [0.15, 0.2) is 0 Å². The number of hydrogen-bond donors (Lipinski definition) is 1. The number of β-amino-alcohol motifs (C(OH)–C–C–N with tert-alkyl or cyclic N) is 1. The van der Waals surface area contributed by atoms with Crippen LogP contribution in [0.3, 0.4) is 0 Å². The molecule has 2 saturated heterocycles. The minimum atomic E-state index is -0.437. The van der Waals surface area contributed by atoms with Gasteiger partial charge < -0.3 is 14.7 Å². The quantitative estimate of drug-likeness (QED) is 0.888. The standard InChI is InChI=1S/C20H31N3O3/c1-20(2,3)26-19(25)23-13-17(14-23)22-11-9-21(10-12-22)15-18(24)16-7-5-4-6-8-16/h4-8,17-18,24H,9-15H2,1-3H3/t18-/m1/s1. The molecule has 2 heterocycles. The molecule has 0 spiro atoms. The smallest absolute Gasteiger partial charge is 0.410 e. The molecule has 0 bridgehead atoms. The Morgan fingerprint density at radius 2 is 1.77 bits per heavy atom. The third kappa shape index (κ3) is 4.96. The van der Waals surface area contributed by atoms with Crippen molar-refractivity contribution in [3.63, 3.8) is 0 Å². The highest BCUT2D eigenvalue weighted by Crippen LogP contribution is 2.21. The Kier molecular flexibility index (Phi) is 5.85. The van der Waals surface area contributed by atoms with Crippen LogP contribution >= 0.6 is 0 Å². The average Bonchev–Trinajstić information content (AvgIpc) is 2.54. The van der Waals surface area contributed by atoms with E-state index in [1.807, 2.05) is 51.1 Å². The number of amides is 1. The number of carbonyl (C=O) groups is 1. The van der Waals surface area contributed by atoms with Crippen LogP contribution in [0, 0.1) is 0 Å². The Labute approximate surface area is 156 Å². The highest BCUT2D eigenvalue weighted by atomic mass is 16.6. The maximum absolute atomic E-state index is 12.0. The van der Waals surface area contributed by atoms with Crippen molar-refractivity contribution in [2.24, 2.45) is 0 Å². The van der Waals surface area contributed by atoms with E-state index in [9.17, 15) is 9.90 Å². The Hall–Kier alpha value is -1.63. The molecular formula is C20H31N3O3. The van der Waals surface area contributed by atoms with E-state index < -0.39 is 11.7 Å². The van der Waals surface area contributed by atoms with Gasteiger partial charge in [-0.15, -0.1) is 0 Å². The maximum Gasteiger partial charge on any atom is 0.410 e. The lowest BCUT2D eigenvalue weighted by Gasteiger charge is -2.48. The number of carbonyl (C=O) groups excluding carboxylic acids is 1. The van der Waals surface area contributed by atoms with Gasteiger partial charge in [0.2, 0.25) is 0 Å². The largest absolute Gasteiger partial charge is 0.444 e. The first-order valence-corrected chi connectivity index (χ1v) is 9.49. The molecule has 0 aliphatic carbocycles. The summed E-state index contributed by atoms with van der Waals surface area (Å²) >= 11 is 0. The Balaban J connectivity index is 1.38. The minimum absolute atomic E-state index is 0.210. The molecule has 0 aromatic heterocycles. The van der Waals surface area contributed by atoms with Crippen molar-refractivity contribution in [3.8, 4) is 0 Å². The molecule has 6 heteroatoms. The molecule has 1 aromatic rings. The van der Waals surface area contributed by atoms with Crippen LogP contribution in [-0.4, -0.2) is 83.4 Å². The zero-order valence-electron chi connectivity index (χ0n) is 16.1. The average molecular weight is 361 g/mol. The SMILES string of the molecule is CC(C)(C)OC(=O)N1CC(N2CCN(C[C@@H](O)c3ccccc3)CC2)C1. The lowest BCUT2D eigenvalue weighted by atomic mass is 10.1. The van der Waals surface area contributed by atoms with Crippen LogP contribution in [0.5, 0.6) is 0 Å². The molecule has 0 saturated carbocycles. The molecule has 1 atom stereocenters. The molecule has 2 aliphatic rings. The molecular weight excluding hydrogens is 330 g/mol. The minimum Gasteiger partial charge on any atom is -0.444 e. The monoisotopic (exact) mass is 361 g/mol. The number of ether oxygens (including phenoxy) is 1. The van der Waals surface area contributed by atoms with Gasteiger partial charge in [-0.3, -0.25) is 9.80 Å². The van der Waals surface area contributed by atoms with Crippen molar-refractivity contribution >= 4 is 6.09 Å². The van der Waals surface area contributed by atoms with Crippen molar-refractivity contribution in [2.75, 3.05) is 45.8 Å². The third-order valence-electron chi connectivity index (χ3n) is 5.05. The van der Waals surface area contributed by atoms with Gasteiger partial charge >= 0.3 is 6.09 Å². The molecule has 2 aliphatic heterocycles. The summed E-state index contributed by atoms with van der Waals surface area (Å²) in [5.41, 5.74) is 0.537. The number of benzene rings is 1. The van der Waals surface area contributed by atoms with Crippen LogP contribution < -0.4 is 0 Å². The van der Waals surface area contributed by atoms with Gasteiger partial charge in [0.25, 0.3) is 0 Å². The first-order chi connectivity index (χ1) is 12.3. The van der Waals surface area contributed by atoms with E-state index in [0.717, 1.165) is 44.8 Å². The summed E-state index contributed by atoms with van der Waals surface area (Å²) in [4.78, 5) is 18.6. The zero-order chi connectivity index (χ0) is 18.7. The number of aliphatic hydroxyl groups is 1. The number of likely N-dealkylation sites (tertiary alicyclic amines) is 1. The van der Waals surface area contributed by atoms with Gasteiger partial charge in [0.05, 0.1) is 6.10 Å². The van der Waals surface area contributed by atoms with E-state index in [0.29, 0.717) is 12.6 Å². The second-order valence-corrected chi connectivity index (χ2v) is 8.30. The van der Waals surface area contributed by atoms with Gasteiger partial charge in [-0.2, -0.15) is 0 Å². The number of nitrogens with zero attached hydrogens (tertiary/aromatic N) is 3. The molecule has 144 valence electrons. The number of rotatable bonds is 4. The lowest BCUT2D eigenvalue weighted by Crippen LogP contribution is -2.64. The molecule has 0 radical (unpaired) electrons. The molecule has 2 fully saturated rings. The fraction of sp³-hybridized carbons (Fsp3) is 0.650. The van der Waals surface area contributed by atoms with Crippen molar-refractivity contribution in [1.82, 2.24) is 14.7 Å². The number of hydrogen-bond acceptors (Lipinski definition) is 5. The van der Waals surface area contributed by atoms with Gasteiger partial charge in [0.1, 0.15) is 5.60 Å². The maximum atomic E-state index is 12.0. The van der Waals surface area contributed by atoms with Crippen molar-refractivity contribution in [1.29, 1.82) is 0 Å². The normalized spacial score (nSPS) is 21.3. The van der Waals surface area contributed by atoms with E-state index in [4.69, 9.17) is 4.74 Å². The van der Waals surface area contributed by atoms with E-state index in [1.165, 1.54) is 0 Å². The van der Waals surface area contributed by atoms with Gasteiger partial charge in [0, 0.05) is 51.9 Å². The van der Waals surface area contributed by atoms with Crippen molar-refractivity contribution < 1.29 is 14.6 Å². The molecule has 26 heavy (non-hydrogen) atoms. The molecule has 0 unspecified atom stereocenters. The number of aliphatic hydroxyl groups excluding tert-OH is 1. The summed E-state index contributed by atoms with van der Waals surface area (Å²) < 4.78 is 5.41. The summed E-state index contributed by atoms with van der Waals surface area (Å²) in [5.74, 6) is 0. The summed E-state index contributed by atoms with van der Waals surface area (Å²) in [6.07, 6.45) is -0.646. The Morgan fingerprint density at radius 3 is 2.35 bits per heavy atom. The highest BCUT2D eigenvalue weighted by Gasteiger charge is 2.38. The Morgan fingerprint density at radius 1 is 1.15 bits per heavy atom. The third-order valence-corrected chi connectivity index (χ3v) is 5.05. The van der Waals surface area contributed by atoms with Crippen LogP contribution in [0.25, 0.3) is 0 Å². The molecule has 3 rings (SSSR count). The fourth-order valence-electron chi connectivity index (χ4n) is 3.50. The van der Waals surface area contributed by atoms with E-state index in [-0.39, 0.29) is 6.09 Å². The van der Waals surface area contributed by atoms with E-state index in [2.05, 4.69) is 9.80 Å². The first-order valence-electron chi connectivity index (χ1n) is 9.49. The zero-order valence-corrected chi connectivity index (χ0v) is 16.1. The lowest BCUT2D eigenvalue weighted by molar-refractivity contribution is -0.0277. The first kappa shape index (κ1) is 19.1. The summed E-state index contributed by atoms with van der Waals surface area (Å²) in [5, 5.41) is 10.4. The van der Waals surface area contributed by atoms with Crippen molar-refractivity contribution in [3.05, 3.63) is 35.9 Å². The van der Waals surface area contributed by atoms with Crippen LogP contribution in [0.1, 0.15) is 32.4 Å². The molecule has 6 nitrogen and oxygen atoms in total. The van der Waals surface area contributed by atoms with E-state index >= 15 is 0 Å². The second kappa shape index (κ2) is 7.94. The van der Waals surface area contributed by atoms with Crippen LogP contribution in [-0.2, 0) is 4.74 Å². The van der Waals surface area contributed by atoms with Crippen molar-refractivity contribution in [2.45, 2.75) is 38.5 Å². The van der Waals surface area contributed by atoms with Crippen LogP contribution in [0.15, 0.2) is 30.3 Å². The second-order valence-electron chi connectivity index (χ2n) is 8.30. The topological polar surface area (TPSA) is 56.2 Å². The van der Waals surface area contributed by atoms with E-state index in [1.54, 1.807) is 4.90 Å². The summed E-state index contributed by atoms with van der Waals surface area (Å²) in [6.45, 7) is 11.7. The molecule has 1 aromatic carbocycles. The number of piperazine rings is 1. The fourth-order valence-corrected chi connectivity index (χ4v) is 3.50. The van der Waals surface area contributed by atoms with Crippen LogP contribution in [0.2, 0.25) is 0 Å². The summed E-state index contributed by atoms with van der Waals surface area (Å²) in [7, 11) is 0. The van der Waals surface area contributed by atoms with Gasteiger partial charge in [-0.05, 0) is 26.3 Å². The predicted molar refractivity (Wildman–Crippen MR) is 101 cm³/mol. The Bertz CT molecular complexity index is 588. The molecule has 1 amide bonds. The van der Waals surface area contributed by atoms with Gasteiger partial charge in [-0.1, -0.05) is 30.3 Å². The predicted octanol–water partition coefficient (Wildman–Crippen LogP) is 1.96. The summed E-state index contributed by atoms with van der Waals surface area (Å²) in [6, 6.07) is 10.3. The van der Waals surface area contributed by atoms with Gasteiger partial charge in [-0.25, -0.2) is 4.79 Å².